The molecule has 1 fully saturated rings. The molecule has 0 radical (unpaired) electrons. The van der Waals surface area contributed by atoms with Gasteiger partial charge >= 0.3 is 0 Å². The van der Waals surface area contributed by atoms with Gasteiger partial charge in [-0.1, -0.05) is 54.6 Å². The molecule has 1 unspecified atom stereocenters. The van der Waals surface area contributed by atoms with Crippen molar-refractivity contribution < 1.29 is 9.59 Å². The number of rotatable bonds is 7. The number of pyridine rings is 1. The molecule has 1 saturated heterocycles. The van der Waals surface area contributed by atoms with Crippen LogP contribution in [0.4, 0.5) is 11.4 Å². The van der Waals surface area contributed by atoms with Crippen LogP contribution in [-0.4, -0.2) is 54.9 Å². The Morgan fingerprint density at radius 2 is 1.53 bits per heavy atom. The highest BCUT2D eigenvalue weighted by Gasteiger charge is 2.29. The van der Waals surface area contributed by atoms with Gasteiger partial charge in [-0.25, -0.2) is 0 Å². The molecule has 1 atom stereocenters. The van der Waals surface area contributed by atoms with Gasteiger partial charge < -0.3 is 15.5 Å². The summed E-state index contributed by atoms with van der Waals surface area (Å²) < 4.78 is 0. The zero-order valence-corrected chi connectivity index (χ0v) is 21.4. The third-order valence-electron chi connectivity index (χ3n) is 6.92. The normalized spacial score (nSPS) is 14.5. The molecule has 1 aliphatic rings. The molecule has 1 aromatic heterocycles. The van der Waals surface area contributed by atoms with Crippen LogP contribution < -0.4 is 15.5 Å². The quantitative estimate of drug-likeness (QED) is 0.384. The van der Waals surface area contributed by atoms with Crippen LogP contribution in [0.1, 0.15) is 22.0 Å². The summed E-state index contributed by atoms with van der Waals surface area (Å²) in [6.45, 7) is 3.17. The van der Waals surface area contributed by atoms with Crippen molar-refractivity contribution in [3.05, 3.63) is 115 Å². The predicted octanol–water partition coefficient (Wildman–Crippen LogP) is 4.61. The largest absolute Gasteiger partial charge is 0.369 e. The van der Waals surface area contributed by atoms with E-state index in [1.165, 1.54) is 0 Å². The van der Waals surface area contributed by atoms with Gasteiger partial charge in [0.25, 0.3) is 5.91 Å². The number of hydrogen-bond donors (Lipinski definition) is 2. The van der Waals surface area contributed by atoms with Crippen LogP contribution in [0.25, 0.3) is 11.1 Å². The number of likely N-dealkylation sites (N-methyl/N-ethyl adjacent to an activating group) is 1. The van der Waals surface area contributed by atoms with Gasteiger partial charge in [0.05, 0.1) is 0 Å². The number of nitrogens with zero attached hydrogens (tertiary/aromatic N) is 3. The number of carbonyl (C=O) groups excluding carboxylic acids is 2. The predicted molar refractivity (Wildman–Crippen MR) is 151 cm³/mol. The first-order chi connectivity index (χ1) is 18.6. The van der Waals surface area contributed by atoms with Crippen molar-refractivity contribution >= 4 is 23.2 Å². The summed E-state index contributed by atoms with van der Waals surface area (Å²) in [7, 11) is 1.69. The number of benzene rings is 3. The van der Waals surface area contributed by atoms with Crippen molar-refractivity contribution in [2.24, 2.45) is 0 Å². The monoisotopic (exact) mass is 505 g/mol. The Hall–Kier alpha value is -4.49. The minimum Gasteiger partial charge on any atom is -0.369 e. The summed E-state index contributed by atoms with van der Waals surface area (Å²) in [5.41, 5.74) is 5.18. The average Bonchev–Trinajstić information content (AvgIpc) is 2.99. The summed E-state index contributed by atoms with van der Waals surface area (Å²) in [5.74, 6) is -0.151. The second kappa shape index (κ2) is 11.7. The number of aromatic nitrogens is 1. The molecule has 38 heavy (non-hydrogen) atoms. The van der Waals surface area contributed by atoms with Gasteiger partial charge in [-0.05, 0) is 47.5 Å². The fraction of sp³-hybridized carbons (Fsp3) is 0.194. The number of nitrogens with one attached hydrogen (secondary N) is 2. The first-order valence-electron chi connectivity index (χ1n) is 12.8. The highest BCUT2D eigenvalue weighted by atomic mass is 16.2. The molecule has 2 heterocycles. The summed E-state index contributed by atoms with van der Waals surface area (Å²) in [6.07, 6.45) is 3.48. The number of anilines is 2. The van der Waals surface area contributed by atoms with E-state index in [0.29, 0.717) is 5.56 Å². The van der Waals surface area contributed by atoms with E-state index in [0.717, 1.165) is 54.2 Å². The van der Waals surface area contributed by atoms with Crippen LogP contribution in [-0.2, 0) is 4.79 Å². The first-order valence-corrected chi connectivity index (χ1v) is 12.8. The second-order valence-corrected chi connectivity index (χ2v) is 9.24. The molecule has 7 heteroatoms. The first kappa shape index (κ1) is 25.2. The SMILES string of the molecule is CNC(=O)C(c1ccccc1)N1CCN(c2ccc(NC(=O)c3ccccc3-c3cccnc3)cc2)CC1. The zero-order chi connectivity index (χ0) is 26.3. The van der Waals surface area contributed by atoms with Crippen LogP contribution in [0.2, 0.25) is 0 Å². The van der Waals surface area contributed by atoms with E-state index in [2.05, 4.69) is 25.4 Å². The van der Waals surface area contributed by atoms with E-state index < -0.39 is 0 Å². The van der Waals surface area contributed by atoms with Crippen LogP contribution >= 0.6 is 0 Å². The molecule has 192 valence electrons. The number of amides is 2. The smallest absolute Gasteiger partial charge is 0.256 e. The van der Waals surface area contributed by atoms with Crippen LogP contribution in [0.3, 0.4) is 0 Å². The van der Waals surface area contributed by atoms with E-state index in [1.54, 1.807) is 19.4 Å². The minimum atomic E-state index is -0.296. The van der Waals surface area contributed by atoms with E-state index in [9.17, 15) is 9.59 Å². The highest BCUT2D eigenvalue weighted by Crippen LogP contribution is 2.27. The fourth-order valence-electron chi connectivity index (χ4n) is 4.95. The third kappa shape index (κ3) is 5.58. The Morgan fingerprint density at radius 3 is 2.21 bits per heavy atom. The molecule has 5 rings (SSSR count). The van der Waals surface area contributed by atoms with Gasteiger partial charge in [0.15, 0.2) is 0 Å². The second-order valence-electron chi connectivity index (χ2n) is 9.24. The molecule has 0 aliphatic carbocycles. The number of piperazine rings is 1. The van der Waals surface area contributed by atoms with Gasteiger partial charge in [0.2, 0.25) is 5.91 Å². The Labute approximate surface area is 223 Å². The lowest BCUT2D eigenvalue weighted by Gasteiger charge is -2.39. The molecule has 3 aromatic carbocycles. The van der Waals surface area contributed by atoms with Gasteiger partial charge in [-0.3, -0.25) is 19.5 Å². The molecule has 0 spiro atoms. The van der Waals surface area contributed by atoms with Gasteiger partial charge in [0, 0.05) is 68.1 Å². The third-order valence-corrected chi connectivity index (χ3v) is 6.92. The van der Waals surface area contributed by atoms with Crippen LogP contribution in [0, 0.1) is 0 Å². The topological polar surface area (TPSA) is 77.6 Å². The van der Waals surface area contributed by atoms with E-state index in [4.69, 9.17) is 0 Å². The van der Waals surface area contributed by atoms with Crippen molar-refractivity contribution in [1.82, 2.24) is 15.2 Å². The minimum absolute atomic E-state index is 0.00912. The maximum absolute atomic E-state index is 13.1. The molecule has 1 aliphatic heterocycles. The molecular weight excluding hydrogens is 474 g/mol. The molecule has 0 saturated carbocycles. The summed E-state index contributed by atoms with van der Waals surface area (Å²) in [6, 6.07) is 28.9. The summed E-state index contributed by atoms with van der Waals surface area (Å²) in [4.78, 5) is 34.5. The molecule has 4 aromatic rings. The Morgan fingerprint density at radius 1 is 0.816 bits per heavy atom. The van der Waals surface area contributed by atoms with Gasteiger partial charge in [-0.15, -0.1) is 0 Å². The maximum Gasteiger partial charge on any atom is 0.256 e. The Kier molecular flexibility index (Phi) is 7.75. The van der Waals surface area contributed by atoms with Crippen molar-refractivity contribution in [2.75, 3.05) is 43.4 Å². The Balaban J connectivity index is 1.23. The lowest BCUT2D eigenvalue weighted by atomic mass is 10.0. The standard InChI is InChI=1S/C31H31N5O2/c1-32-31(38)29(23-8-3-2-4-9-23)36-20-18-35(19-21-36)26-15-13-25(14-16-26)34-30(37)28-12-6-5-11-27(28)24-10-7-17-33-22-24/h2-17,22,29H,18-21H2,1H3,(H,32,38)(H,34,37). The van der Waals surface area contributed by atoms with Crippen LogP contribution in [0.15, 0.2) is 103 Å². The average molecular weight is 506 g/mol. The summed E-state index contributed by atoms with van der Waals surface area (Å²) >= 11 is 0. The number of hydrogen-bond acceptors (Lipinski definition) is 5. The van der Waals surface area contributed by atoms with Crippen molar-refractivity contribution in [1.29, 1.82) is 0 Å². The van der Waals surface area contributed by atoms with Crippen molar-refractivity contribution in [2.45, 2.75) is 6.04 Å². The zero-order valence-electron chi connectivity index (χ0n) is 21.4. The van der Waals surface area contributed by atoms with E-state index >= 15 is 0 Å². The van der Waals surface area contributed by atoms with Crippen LogP contribution in [0.5, 0.6) is 0 Å². The maximum atomic E-state index is 13.1. The molecule has 2 amide bonds. The Bertz CT molecular complexity index is 1370. The van der Waals surface area contributed by atoms with Crippen molar-refractivity contribution in [3.63, 3.8) is 0 Å². The molecule has 0 bridgehead atoms. The van der Waals surface area contributed by atoms with E-state index in [-0.39, 0.29) is 17.9 Å². The summed E-state index contributed by atoms with van der Waals surface area (Å²) in [5, 5.41) is 5.85. The lowest BCUT2D eigenvalue weighted by molar-refractivity contribution is -0.126. The van der Waals surface area contributed by atoms with Gasteiger partial charge in [-0.2, -0.15) is 0 Å². The molecule has 7 nitrogen and oxygen atoms in total. The highest BCUT2D eigenvalue weighted by molar-refractivity contribution is 6.08. The van der Waals surface area contributed by atoms with Gasteiger partial charge in [0.1, 0.15) is 6.04 Å². The fourth-order valence-corrected chi connectivity index (χ4v) is 4.95. The lowest BCUT2D eigenvalue weighted by Crippen LogP contribution is -2.50. The van der Waals surface area contributed by atoms with E-state index in [1.807, 2.05) is 91.0 Å². The molecule has 2 N–H and O–H groups in total. The number of carbonyl (C=O) groups is 2. The molecular formula is C31H31N5O2. The van der Waals surface area contributed by atoms with Crippen molar-refractivity contribution in [3.8, 4) is 11.1 Å².